The van der Waals surface area contributed by atoms with Gasteiger partial charge in [-0.05, 0) is 49.4 Å². The van der Waals surface area contributed by atoms with Gasteiger partial charge in [0.1, 0.15) is 0 Å². The second-order valence-corrected chi connectivity index (χ2v) is 5.87. The van der Waals surface area contributed by atoms with Crippen LogP contribution in [0.15, 0.2) is 24.3 Å². The summed E-state index contributed by atoms with van der Waals surface area (Å²) in [6.45, 7) is 3.39. The zero-order chi connectivity index (χ0) is 12.8. The van der Waals surface area contributed by atoms with Crippen LogP contribution >= 0.6 is 11.6 Å². The lowest BCUT2D eigenvalue weighted by atomic mass is 10.0. The molecule has 1 unspecified atom stereocenters. The monoisotopic (exact) mass is 265 g/mol. The van der Waals surface area contributed by atoms with E-state index in [1.807, 2.05) is 12.1 Å². The van der Waals surface area contributed by atoms with Gasteiger partial charge in [-0.25, -0.2) is 0 Å². The highest BCUT2D eigenvalue weighted by molar-refractivity contribution is 6.30. The van der Waals surface area contributed by atoms with Crippen molar-refractivity contribution in [2.75, 3.05) is 6.54 Å². The Balaban J connectivity index is 1.79. The molecule has 1 saturated carbocycles. The SMILES string of the molecule is CCCC(NCCCC1CC1)c1ccc(Cl)cc1. The largest absolute Gasteiger partial charge is 0.310 e. The second kappa shape index (κ2) is 7.16. The number of nitrogens with one attached hydrogen (secondary N) is 1. The Morgan fingerprint density at radius 2 is 2.00 bits per heavy atom. The molecule has 0 bridgehead atoms. The third-order valence-corrected chi connectivity index (χ3v) is 3.98. The minimum atomic E-state index is 0.492. The summed E-state index contributed by atoms with van der Waals surface area (Å²) in [6.07, 6.45) is 8.07. The zero-order valence-electron chi connectivity index (χ0n) is 11.3. The molecular weight excluding hydrogens is 242 g/mol. The quantitative estimate of drug-likeness (QED) is 0.655. The van der Waals surface area contributed by atoms with Crippen LogP contribution in [0.2, 0.25) is 5.02 Å². The van der Waals surface area contributed by atoms with Crippen molar-refractivity contribution >= 4 is 11.6 Å². The first-order valence-corrected chi connectivity index (χ1v) is 7.66. The average Bonchev–Trinajstić information content (AvgIpc) is 3.18. The zero-order valence-corrected chi connectivity index (χ0v) is 12.0. The molecule has 0 saturated heterocycles. The van der Waals surface area contributed by atoms with Crippen LogP contribution in [-0.2, 0) is 0 Å². The normalized spacial score (nSPS) is 16.8. The molecule has 1 nitrogen and oxygen atoms in total. The van der Waals surface area contributed by atoms with Crippen LogP contribution in [-0.4, -0.2) is 6.54 Å². The van der Waals surface area contributed by atoms with E-state index in [1.54, 1.807) is 0 Å². The summed E-state index contributed by atoms with van der Waals surface area (Å²) >= 11 is 5.94. The van der Waals surface area contributed by atoms with E-state index in [-0.39, 0.29) is 0 Å². The number of hydrogen-bond acceptors (Lipinski definition) is 1. The van der Waals surface area contributed by atoms with Gasteiger partial charge in [0.2, 0.25) is 0 Å². The molecule has 1 N–H and O–H groups in total. The van der Waals surface area contributed by atoms with Crippen LogP contribution in [0.3, 0.4) is 0 Å². The Labute approximate surface area is 116 Å². The average molecular weight is 266 g/mol. The van der Waals surface area contributed by atoms with Gasteiger partial charge in [0.15, 0.2) is 0 Å². The predicted molar refractivity (Wildman–Crippen MR) is 79.1 cm³/mol. The van der Waals surface area contributed by atoms with Gasteiger partial charge in [-0.3, -0.25) is 0 Å². The van der Waals surface area contributed by atoms with Crippen molar-refractivity contribution < 1.29 is 0 Å². The van der Waals surface area contributed by atoms with Crippen LogP contribution in [0, 0.1) is 5.92 Å². The van der Waals surface area contributed by atoms with E-state index in [0.717, 1.165) is 17.5 Å². The fourth-order valence-electron chi connectivity index (χ4n) is 2.44. The molecule has 100 valence electrons. The Kier molecular flexibility index (Phi) is 5.52. The van der Waals surface area contributed by atoms with E-state index in [4.69, 9.17) is 11.6 Å². The van der Waals surface area contributed by atoms with Crippen LogP contribution in [0.1, 0.15) is 57.1 Å². The lowest BCUT2D eigenvalue weighted by Gasteiger charge is -2.18. The summed E-state index contributed by atoms with van der Waals surface area (Å²) in [6, 6.07) is 8.77. The molecule has 1 fully saturated rings. The first-order chi connectivity index (χ1) is 8.79. The number of rotatable bonds is 8. The Hall–Kier alpha value is -0.530. The van der Waals surface area contributed by atoms with Crippen molar-refractivity contribution in [1.29, 1.82) is 0 Å². The fraction of sp³-hybridized carbons (Fsp3) is 0.625. The van der Waals surface area contributed by atoms with Crippen molar-refractivity contribution in [3.05, 3.63) is 34.9 Å². The third kappa shape index (κ3) is 4.62. The number of benzene rings is 1. The standard InChI is InChI=1S/C16H24ClN/c1-2-4-16(14-8-10-15(17)11-9-14)18-12-3-5-13-6-7-13/h8-11,13,16,18H,2-7,12H2,1H3. The van der Waals surface area contributed by atoms with Crippen molar-refractivity contribution in [2.24, 2.45) is 5.92 Å². The Morgan fingerprint density at radius 3 is 2.61 bits per heavy atom. The van der Waals surface area contributed by atoms with E-state index in [2.05, 4.69) is 24.4 Å². The summed E-state index contributed by atoms with van der Waals surface area (Å²) < 4.78 is 0. The lowest BCUT2D eigenvalue weighted by Crippen LogP contribution is -2.22. The molecule has 1 aromatic carbocycles. The van der Waals surface area contributed by atoms with Crippen LogP contribution in [0.4, 0.5) is 0 Å². The highest BCUT2D eigenvalue weighted by Gasteiger charge is 2.20. The van der Waals surface area contributed by atoms with Gasteiger partial charge < -0.3 is 5.32 Å². The number of halogens is 1. The van der Waals surface area contributed by atoms with Gasteiger partial charge in [-0.1, -0.05) is 49.9 Å². The third-order valence-electron chi connectivity index (χ3n) is 3.73. The summed E-state index contributed by atoms with van der Waals surface area (Å²) in [5, 5.41) is 4.52. The van der Waals surface area contributed by atoms with Gasteiger partial charge in [-0.15, -0.1) is 0 Å². The molecule has 0 heterocycles. The van der Waals surface area contributed by atoms with Crippen molar-refractivity contribution in [2.45, 2.75) is 51.5 Å². The van der Waals surface area contributed by atoms with Gasteiger partial charge in [0.25, 0.3) is 0 Å². The molecule has 0 aliphatic heterocycles. The van der Waals surface area contributed by atoms with Crippen LogP contribution in [0.25, 0.3) is 0 Å². The summed E-state index contributed by atoms with van der Waals surface area (Å²) in [5.74, 6) is 1.05. The van der Waals surface area contributed by atoms with Crippen molar-refractivity contribution in [3.63, 3.8) is 0 Å². The molecular formula is C16H24ClN. The van der Waals surface area contributed by atoms with E-state index in [9.17, 15) is 0 Å². The maximum atomic E-state index is 5.94. The molecule has 1 aliphatic rings. The summed E-state index contributed by atoms with van der Waals surface area (Å²) in [5.41, 5.74) is 1.37. The molecule has 18 heavy (non-hydrogen) atoms. The molecule has 1 aromatic rings. The predicted octanol–water partition coefficient (Wildman–Crippen LogP) is 4.96. The first kappa shape index (κ1) is 13.9. The minimum absolute atomic E-state index is 0.492. The van der Waals surface area contributed by atoms with E-state index in [1.165, 1.54) is 44.1 Å². The van der Waals surface area contributed by atoms with Crippen LogP contribution < -0.4 is 5.32 Å². The molecule has 0 radical (unpaired) electrons. The smallest absolute Gasteiger partial charge is 0.0406 e. The maximum Gasteiger partial charge on any atom is 0.0406 e. The van der Waals surface area contributed by atoms with Gasteiger partial charge in [0, 0.05) is 11.1 Å². The first-order valence-electron chi connectivity index (χ1n) is 7.28. The highest BCUT2D eigenvalue weighted by atomic mass is 35.5. The van der Waals surface area contributed by atoms with E-state index < -0.39 is 0 Å². The Bertz CT molecular complexity index is 343. The van der Waals surface area contributed by atoms with E-state index in [0.29, 0.717) is 6.04 Å². The molecule has 1 aliphatic carbocycles. The van der Waals surface area contributed by atoms with Gasteiger partial charge in [0.05, 0.1) is 0 Å². The fourth-order valence-corrected chi connectivity index (χ4v) is 2.57. The minimum Gasteiger partial charge on any atom is -0.310 e. The molecule has 0 aromatic heterocycles. The molecule has 2 rings (SSSR count). The number of hydrogen-bond donors (Lipinski definition) is 1. The van der Waals surface area contributed by atoms with E-state index >= 15 is 0 Å². The second-order valence-electron chi connectivity index (χ2n) is 5.43. The molecule has 0 amide bonds. The van der Waals surface area contributed by atoms with Gasteiger partial charge >= 0.3 is 0 Å². The summed E-state index contributed by atoms with van der Waals surface area (Å²) in [7, 11) is 0. The molecule has 0 spiro atoms. The molecule has 1 atom stereocenters. The van der Waals surface area contributed by atoms with Crippen LogP contribution in [0.5, 0.6) is 0 Å². The van der Waals surface area contributed by atoms with Crippen molar-refractivity contribution in [1.82, 2.24) is 5.32 Å². The van der Waals surface area contributed by atoms with Gasteiger partial charge in [-0.2, -0.15) is 0 Å². The Morgan fingerprint density at radius 1 is 1.28 bits per heavy atom. The summed E-state index contributed by atoms with van der Waals surface area (Å²) in [4.78, 5) is 0. The lowest BCUT2D eigenvalue weighted by molar-refractivity contribution is 0.476. The highest BCUT2D eigenvalue weighted by Crippen LogP contribution is 2.33. The van der Waals surface area contributed by atoms with Crippen molar-refractivity contribution in [3.8, 4) is 0 Å². The maximum absolute atomic E-state index is 5.94. The molecule has 2 heteroatoms. The topological polar surface area (TPSA) is 12.0 Å².